The molecule has 2 aromatic carbocycles. The molecule has 1 aliphatic rings. The summed E-state index contributed by atoms with van der Waals surface area (Å²) in [7, 11) is 1.53. The smallest absolute Gasteiger partial charge is 0.243 e. The van der Waals surface area contributed by atoms with E-state index < -0.39 is 5.91 Å². The SMILES string of the molecule is CN(CC(=O)Nc1c(Cl)cccc1Cl)C([O-])=c1ccc(=C2N=NN=N2)cc1. The van der Waals surface area contributed by atoms with E-state index in [1.54, 1.807) is 42.5 Å². The van der Waals surface area contributed by atoms with Crippen LogP contribution >= 0.6 is 23.2 Å². The first kappa shape index (κ1) is 18.8. The normalized spacial score (nSPS) is 12.3. The molecular formula is C17H13Cl2N6O2-. The summed E-state index contributed by atoms with van der Waals surface area (Å²) in [6.07, 6.45) is 0. The molecule has 0 radical (unpaired) electrons. The molecule has 1 heterocycles. The van der Waals surface area contributed by atoms with Gasteiger partial charge in [0.15, 0.2) is 0 Å². The molecule has 1 N–H and O–H groups in total. The highest BCUT2D eigenvalue weighted by molar-refractivity contribution is 6.39. The summed E-state index contributed by atoms with van der Waals surface area (Å²) in [5.41, 5.74) is 0.313. The third-order valence-corrected chi connectivity index (χ3v) is 4.29. The van der Waals surface area contributed by atoms with Crippen molar-refractivity contribution in [2.75, 3.05) is 18.9 Å². The van der Waals surface area contributed by atoms with Crippen LogP contribution in [-0.4, -0.2) is 24.4 Å². The minimum atomic E-state index is -0.417. The van der Waals surface area contributed by atoms with Crippen molar-refractivity contribution in [3.05, 3.63) is 62.9 Å². The summed E-state index contributed by atoms with van der Waals surface area (Å²) in [4.78, 5) is 13.5. The molecule has 27 heavy (non-hydrogen) atoms. The minimum Gasteiger partial charge on any atom is -0.860 e. The number of hydrogen-bond donors (Lipinski definition) is 1. The first-order valence-corrected chi connectivity index (χ1v) is 8.50. The Bertz CT molecular complexity index is 1010. The number of benzene rings is 2. The maximum Gasteiger partial charge on any atom is 0.243 e. The molecule has 0 saturated carbocycles. The number of halogens is 2. The zero-order chi connectivity index (χ0) is 19.4. The number of nitrogens with one attached hydrogen (secondary N) is 1. The van der Waals surface area contributed by atoms with Gasteiger partial charge in [0.2, 0.25) is 11.7 Å². The van der Waals surface area contributed by atoms with Gasteiger partial charge < -0.3 is 15.3 Å². The van der Waals surface area contributed by atoms with E-state index in [-0.39, 0.29) is 12.4 Å². The number of para-hydroxylation sites is 1. The van der Waals surface area contributed by atoms with Crippen LogP contribution in [0.15, 0.2) is 63.1 Å². The van der Waals surface area contributed by atoms with Crippen molar-refractivity contribution in [1.29, 1.82) is 0 Å². The van der Waals surface area contributed by atoms with E-state index in [2.05, 4.69) is 26.0 Å². The van der Waals surface area contributed by atoms with Crippen molar-refractivity contribution < 1.29 is 9.90 Å². The first-order valence-electron chi connectivity index (χ1n) is 7.74. The van der Waals surface area contributed by atoms with E-state index >= 15 is 0 Å². The van der Waals surface area contributed by atoms with Crippen LogP contribution in [0, 0.1) is 0 Å². The average molecular weight is 404 g/mol. The lowest BCUT2D eigenvalue weighted by Crippen LogP contribution is -2.37. The van der Waals surface area contributed by atoms with Crippen LogP contribution < -0.4 is 20.9 Å². The van der Waals surface area contributed by atoms with Crippen LogP contribution in [0.5, 0.6) is 0 Å². The lowest BCUT2D eigenvalue weighted by atomic mass is 10.2. The monoisotopic (exact) mass is 403 g/mol. The Kier molecular flexibility index (Phi) is 5.68. The molecule has 1 amide bonds. The van der Waals surface area contributed by atoms with Gasteiger partial charge in [-0.1, -0.05) is 53.5 Å². The van der Waals surface area contributed by atoms with Gasteiger partial charge in [-0.25, -0.2) is 0 Å². The minimum absolute atomic E-state index is 0.165. The molecule has 0 saturated heterocycles. The molecule has 1 aliphatic heterocycles. The number of carbonyl (C=O) groups is 1. The standard InChI is InChI=1S/C17H14Cl2N6O2/c1-25(9-14(26)20-15-12(18)3-2-4-13(15)19)17(27)11-7-5-10(6-8-11)16-21-23-24-22-16/h2-8,27H,9H2,1H3,(H,20,26)/p-1. The molecule has 0 spiro atoms. The molecule has 0 aromatic heterocycles. The van der Waals surface area contributed by atoms with Gasteiger partial charge in [0, 0.05) is 12.3 Å². The second kappa shape index (κ2) is 8.15. The molecular weight excluding hydrogens is 391 g/mol. The van der Waals surface area contributed by atoms with Gasteiger partial charge in [-0.2, -0.15) is 0 Å². The number of amides is 1. The molecule has 0 aliphatic carbocycles. The highest BCUT2D eigenvalue weighted by Gasteiger charge is 2.11. The quantitative estimate of drug-likeness (QED) is 0.841. The molecule has 3 rings (SSSR count). The van der Waals surface area contributed by atoms with Gasteiger partial charge in [-0.15, -0.1) is 10.2 Å². The number of rotatable bonds is 4. The molecule has 2 aromatic rings. The second-order valence-corrected chi connectivity index (χ2v) is 6.40. The number of likely N-dealkylation sites (N-methyl/N-ethyl adjacent to an activating group) is 1. The number of hydrogen-bond acceptors (Lipinski definition) is 7. The summed E-state index contributed by atoms with van der Waals surface area (Å²) < 4.78 is 0. The van der Waals surface area contributed by atoms with Gasteiger partial charge in [0.05, 0.1) is 22.3 Å². The molecule has 8 nitrogen and oxygen atoms in total. The number of carbonyl (C=O) groups excluding carboxylic acids is 1. The largest absolute Gasteiger partial charge is 0.860 e. The van der Waals surface area contributed by atoms with Crippen molar-refractivity contribution in [2.45, 2.75) is 0 Å². The lowest BCUT2D eigenvalue weighted by molar-refractivity contribution is -0.270. The van der Waals surface area contributed by atoms with Crippen LogP contribution in [-0.2, 0) is 4.79 Å². The Hall–Kier alpha value is -2.97. The van der Waals surface area contributed by atoms with Gasteiger partial charge in [0.1, 0.15) is 0 Å². The summed E-state index contributed by atoms with van der Waals surface area (Å²) >= 11 is 12.1. The van der Waals surface area contributed by atoms with Crippen LogP contribution in [0.25, 0.3) is 11.7 Å². The van der Waals surface area contributed by atoms with Crippen molar-refractivity contribution in [1.82, 2.24) is 4.90 Å². The zero-order valence-electron chi connectivity index (χ0n) is 14.1. The molecule has 0 bridgehead atoms. The summed E-state index contributed by atoms with van der Waals surface area (Å²) in [6.45, 7) is -0.165. The van der Waals surface area contributed by atoms with Gasteiger partial charge in [0.25, 0.3) is 0 Å². The van der Waals surface area contributed by atoms with Crippen LogP contribution in [0.1, 0.15) is 0 Å². The van der Waals surface area contributed by atoms with Gasteiger partial charge >= 0.3 is 0 Å². The predicted molar refractivity (Wildman–Crippen MR) is 99.9 cm³/mol. The van der Waals surface area contributed by atoms with Crippen LogP contribution in [0.3, 0.4) is 0 Å². The fourth-order valence-electron chi connectivity index (χ4n) is 2.33. The summed E-state index contributed by atoms with van der Waals surface area (Å²) in [5.74, 6) is -0.361. The third-order valence-electron chi connectivity index (χ3n) is 3.66. The Morgan fingerprint density at radius 3 is 2.26 bits per heavy atom. The average Bonchev–Trinajstić information content (AvgIpc) is 3.19. The van der Waals surface area contributed by atoms with Gasteiger partial charge in [-0.05, 0) is 33.7 Å². The molecule has 0 atom stereocenters. The predicted octanol–water partition coefficient (Wildman–Crippen LogP) is 1.89. The van der Waals surface area contributed by atoms with E-state index in [1.807, 2.05) is 0 Å². The maximum atomic E-state index is 12.5. The van der Waals surface area contributed by atoms with Crippen LogP contribution in [0.2, 0.25) is 10.0 Å². The highest BCUT2D eigenvalue weighted by Crippen LogP contribution is 2.29. The fourth-order valence-corrected chi connectivity index (χ4v) is 2.82. The van der Waals surface area contributed by atoms with E-state index in [4.69, 9.17) is 23.2 Å². The number of nitrogens with zero attached hydrogens (tertiary/aromatic N) is 5. The molecule has 0 fully saturated rings. The Balaban J connectivity index is 1.75. The van der Waals surface area contributed by atoms with Crippen LogP contribution in [0.4, 0.5) is 5.69 Å². The Morgan fingerprint density at radius 2 is 1.67 bits per heavy atom. The molecule has 10 heteroatoms. The zero-order valence-corrected chi connectivity index (χ0v) is 15.6. The maximum absolute atomic E-state index is 12.5. The Labute approximate surface area is 164 Å². The Morgan fingerprint density at radius 1 is 1.07 bits per heavy atom. The van der Waals surface area contributed by atoms with E-state index in [0.717, 1.165) is 0 Å². The van der Waals surface area contributed by atoms with Crippen molar-refractivity contribution in [3.63, 3.8) is 0 Å². The topological polar surface area (TPSA) is 105 Å². The van der Waals surface area contributed by atoms with Crippen molar-refractivity contribution >= 4 is 46.5 Å². The first-order chi connectivity index (χ1) is 13.0. The van der Waals surface area contributed by atoms with Gasteiger partial charge in [-0.3, -0.25) is 4.79 Å². The highest BCUT2D eigenvalue weighted by atomic mass is 35.5. The molecule has 138 valence electrons. The second-order valence-electron chi connectivity index (χ2n) is 5.59. The third kappa shape index (κ3) is 4.42. The van der Waals surface area contributed by atoms with Crippen molar-refractivity contribution in [3.8, 4) is 0 Å². The number of anilines is 1. The van der Waals surface area contributed by atoms with E-state index in [1.165, 1.54) is 11.9 Å². The lowest BCUT2D eigenvalue weighted by Gasteiger charge is -2.26. The fraction of sp³-hybridized carbons (Fsp3) is 0.118. The molecule has 0 unspecified atom stereocenters. The van der Waals surface area contributed by atoms with Crippen molar-refractivity contribution in [2.24, 2.45) is 20.7 Å². The van der Waals surface area contributed by atoms with E-state index in [9.17, 15) is 9.90 Å². The summed E-state index contributed by atoms with van der Waals surface area (Å²) in [5, 5.41) is 31.2. The summed E-state index contributed by atoms with van der Waals surface area (Å²) in [6, 6.07) is 11.5. The van der Waals surface area contributed by atoms with E-state index in [0.29, 0.717) is 32.0 Å².